The van der Waals surface area contributed by atoms with Gasteiger partial charge < -0.3 is 5.11 Å². The van der Waals surface area contributed by atoms with E-state index in [1.54, 1.807) is 48.6 Å². The summed E-state index contributed by atoms with van der Waals surface area (Å²) >= 11 is 1.36. The van der Waals surface area contributed by atoms with Crippen molar-refractivity contribution in [2.75, 3.05) is 0 Å². The predicted molar refractivity (Wildman–Crippen MR) is 85.4 cm³/mol. The molecule has 0 spiro atoms. The molecule has 1 N–H and O–H groups in total. The molecule has 0 radical (unpaired) electrons. The highest BCUT2D eigenvalue weighted by Gasteiger charge is 2.13. The van der Waals surface area contributed by atoms with Gasteiger partial charge in [0.25, 0.3) is 0 Å². The number of thiophene rings is 1. The fourth-order valence-corrected chi connectivity index (χ4v) is 2.84. The zero-order valence-electron chi connectivity index (χ0n) is 10.9. The molecule has 100 valence electrons. The van der Waals surface area contributed by atoms with E-state index in [0.29, 0.717) is 10.5 Å². The van der Waals surface area contributed by atoms with Crippen molar-refractivity contribution in [3.63, 3.8) is 0 Å². The summed E-state index contributed by atoms with van der Waals surface area (Å²) in [5.74, 6) is 0.135. The van der Waals surface area contributed by atoms with Crippen molar-refractivity contribution in [3.05, 3.63) is 78.3 Å². The van der Waals surface area contributed by atoms with Crippen molar-refractivity contribution in [2.24, 2.45) is 0 Å². The number of phenolic OH excluding ortho intramolecular Hbond substituents is 1. The Hall–Kier alpha value is -2.39. The highest BCUT2D eigenvalue weighted by Crippen LogP contribution is 2.30. The van der Waals surface area contributed by atoms with Crippen molar-refractivity contribution >= 4 is 27.2 Å². The maximum atomic E-state index is 12.4. The lowest BCUT2D eigenvalue weighted by atomic mass is 10.1. The van der Waals surface area contributed by atoms with Crippen LogP contribution in [0.3, 0.4) is 0 Å². The molecule has 2 aromatic rings. The second-order valence-electron chi connectivity index (χ2n) is 4.11. The molecule has 0 atom stereocenters. The lowest BCUT2D eigenvalue weighted by Gasteiger charge is -1.97. The molecule has 0 amide bonds. The van der Waals surface area contributed by atoms with Gasteiger partial charge in [-0.3, -0.25) is 4.79 Å². The summed E-state index contributed by atoms with van der Waals surface area (Å²) in [5.41, 5.74) is 0.552. The van der Waals surface area contributed by atoms with Gasteiger partial charge in [0.1, 0.15) is 5.75 Å². The van der Waals surface area contributed by atoms with Crippen LogP contribution < -0.4 is 0 Å². The molecule has 1 heterocycles. The van der Waals surface area contributed by atoms with Crippen LogP contribution in [0.5, 0.6) is 5.75 Å². The van der Waals surface area contributed by atoms with Crippen molar-refractivity contribution in [1.82, 2.24) is 0 Å². The monoisotopic (exact) mass is 282 g/mol. The Bertz CT molecular complexity index is 733. The molecule has 0 saturated heterocycles. The van der Waals surface area contributed by atoms with Crippen LogP contribution in [0.1, 0.15) is 9.67 Å². The third kappa shape index (κ3) is 2.95. The van der Waals surface area contributed by atoms with Gasteiger partial charge in [0.2, 0.25) is 5.78 Å². The van der Waals surface area contributed by atoms with Crippen LogP contribution in [0, 0.1) is 0 Å². The highest BCUT2D eigenvalue weighted by molar-refractivity contribution is 7.21. The molecule has 2 nitrogen and oxygen atoms in total. The Kier molecular flexibility index (Phi) is 4.33. The van der Waals surface area contributed by atoms with E-state index in [1.807, 2.05) is 6.07 Å². The van der Waals surface area contributed by atoms with E-state index in [0.717, 1.165) is 10.1 Å². The van der Waals surface area contributed by atoms with E-state index in [2.05, 4.69) is 13.2 Å². The maximum Gasteiger partial charge on any atom is 0.202 e. The second kappa shape index (κ2) is 6.17. The van der Waals surface area contributed by atoms with Gasteiger partial charge in [0.15, 0.2) is 0 Å². The van der Waals surface area contributed by atoms with Gasteiger partial charge >= 0.3 is 0 Å². The van der Waals surface area contributed by atoms with Gasteiger partial charge in [-0.25, -0.2) is 0 Å². The number of ketones is 1. The molecule has 0 aliphatic rings. The molecule has 1 aromatic carbocycles. The van der Waals surface area contributed by atoms with Crippen LogP contribution in [0.2, 0.25) is 0 Å². The van der Waals surface area contributed by atoms with E-state index >= 15 is 0 Å². The summed E-state index contributed by atoms with van der Waals surface area (Å²) in [7, 11) is 0. The number of phenols is 1. The molecule has 0 aliphatic carbocycles. The number of carbonyl (C=O) groups is 1. The van der Waals surface area contributed by atoms with Crippen LogP contribution in [-0.2, 0) is 0 Å². The molecule has 0 fully saturated rings. The van der Waals surface area contributed by atoms with E-state index in [9.17, 15) is 9.90 Å². The Labute approximate surface area is 121 Å². The van der Waals surface area contributed by atoms with Gasteiger partial charge in [0.05, 0.1) is 4.88 Å². The SMILES string of the molecule is C=C/C=C\C(=C/C=C)C(=O)c1cc2ccc(O)cc2s1. The topological polar surface area (TPSA) is 37.3 Å². The van der Waals surface area contributed by atoms with Crippen molar-refractivity contribution < 1.29 is 9.90 Å². The molecule has 3 heteroatoms. The zero-order valence-corrected chi connectivity index (χ0v) is 11.7. The summed E-state index contributed by atoms with van der Waals surface area (Å²) in [5, 5.41) is 10.4. The van der Waals surface area contributed by atoms with Crippen LogP contribution in [0.25, 0.3) is 10.1 Å². The molecule has 20 heavy (non-hydrogen) atoms. The first-order valence-electron chi connectivity index (χ1n) is 6.05. The number of benzene rings is 1. The molecule has 1 aromatic heterocycles. The number of fused-ring (bicyclic) bond motifs is 1. The first-order chi connectivity index (χ1) is 9.65. The van der Waals surface area contributed by atoms with Gasteiger partial charge in [0, 0.05) is 10.3 Å². The average molecular weight is 282 g/mol. The van der Waals surface area contributed by atoms with Gasteiger partial charge in [-0.1, -0.05) is 43.5 Å². The second-order valence-corrected chi connectivity index (χ2v) is 5.20. The Balaban J connectivity index is 2.43. The Morgan fingerprint density at radius 3 is 2.70 bits per heavy atom. The summed E-state index contributed by atoms with van der Waals surface area (Å²) in [6, 6.07) is 6.91. The Morgan fingerprint density at radius 1 is 1.20 bits per heavy atom. The number of rotatable bonds is 5. The van der Waals surface area contributed by atoms with Crippen molar-refractivity contribution in [3.8, 4) is 5.75 Å². The lowest BCUT2D eigenvalue weighted by Crippen LogP contribution is -1.98. The van der Waals surface area contributed by atoms with Gasteiger partial charge in [-0.15, -0.1) is 11.3 Å². The van der Waals surface area contributed by atoms with E-state index in [4.69, 9.17) is 0 Å². The lowest BCUT2D eigenvalue weighted by molar-refractivity contribution is 0.104. The van der Waals surface area contributed by atoms with Gasteiger partial charge in [-0.2, -0.15) is 0 Å². The first-order valence-corrected chi connectivity index (χ1v) is 6.86. The highest BCUT2D eigenvalue weighted by atomic mass is 32.1. The fourth-order valence-electron chi connectivity index (χ4n) is 1.78. The standard InChI is InChI=1S/C17H14O2S/c1-3-5-7-12(6-4-2)17(19)16-10-13-8-9-14(18)11-15(13)20-16/h3-11,18H,1-2H2/b7-5-,12-6+. The number of Topliss-reactive ketones (excluding diaryl/α,β-unsaturated/α-hetero) is 1. The van der Waals surface area contributed by atoms with E-state index in [-0.39, 0.29) is 11.5 Å². The van der Waals surface area contributed by atoms with E-state index in [1.165, 1.54) is 11.3 Å². The number of hydrogen-bond donors (Lipinski definition) is 1. The number of aromatic hydroxyl groups is 1. The van der Waals surface area contributed by atoms with Gasteiger partial charge in [-0.05, 0) is 29.7 Å². The van der Waals surface area contributed by atoms with Crippen LogP contribution in [0.15, 0.2) is 73.4 Å². The van der Waals surface area contributed by atoms with Crippen molar-refractivity contribution in [2.45, 2.75) is 0 Å². The molecule has 0 saturated carbocycles. The minimum absolute atomic E-state index is 0.0660. The summed E-state index contributed by atoms with van der Waals surface area (Å²) < 4.78 is 0.888. The third-order valence-electron chi connectivity index (χ3n) is 2.70. The number of hydrogen-bond acceptors (Lipinski definition) is 3. The Morgan fingerprint density at radius 2 is 2.00 bits per heavy atom. The largest absolute Gasteiger partial charge is 0.508 e. The molecule has 0 aliphatic heterocycles. The molecule has 0 bridgehead atoms. The van der Waals surface area contributed by atoms with Crippen molar-refractivity contribution in [1.29, 1.82) is 0 Å². The maximum absolute atomic E-state index is 12.4. The van der Waals surface area contributed by atoms with Crippen LogP contribution in [0.4, 0.5) is 0 Å². The molecule has 2 rings (SSSR count). The third-order valence-corrected chi connectivity index (χ3v) is 3.80. The zero-order chi connectivity index (χ0) is 14.5. The van der Waals surface area contributed by atoms with Crippen LogP contribution >= 0.6 is 11.3 Å². The summed E-state index contributed by atoms with van der Waals surface area (Å²) in [6.07, 6.45) is 8.29. The summed E-state index contributed by atoms with van der Waals surface area (Å²) in [6.45, 7) is 7.21. The normalized spacial score (nSPS) is 11.9. The molecular formula is C17H14O2S. The number of allylic oxidation sites excluding steroid dienone is 6. The fraction of sp³-hybridized carbons (Fsp3) is 0. The molecular weight excluding hydrogens is 268 g/mol. The smallest absolute Gasteiger partial charge is 0.202 e. The predicted octanol–water partition coefficient (Wildman–Crippen LogP) is 4.64. The minimum atomic E-state index is -0.0660. The molecule has 0 unspecified atom stereocenters. The first kappa shape index (κ1) is 14.0. The summed E-state index contributed by atoms with van der Waals surface area (Å²) in [4.78, 5) is 13.1. The van der Waals surface area contributed by atoms with Crippen LogP contribution in [-0.4, -0.2) is 10.9 Å². The number of carbonyl (C=O) groups excluding carboxylic acids is 1. The quantitative estimate of drug-likeness (QED) is 0.492. The average Bonchev–Trinajstić information content (AvgIpc) is 2.85. The van der Waals surface area contributed by atoms with E-state index < -0.39 is 0 Å². The minimum Gasteiger partial charge on any atom is -0.508 e.